The molecule has 0 aliphatic carbocycles. The Hall–Kier alpha value is -3.26. The van der Waals surface area contributed by atoms with Gasteiger partial charge in [0.15, 0.2) is 0 Å². The van der Waals surface area contributed by atoms with Crippen LogP contribution >= 0.6 is 0 Å². The van der Waals surface area contributed by atoms with E-state index in [4.69, 9.17) is 0 Å². The minimum Gasteiger partial charge on any atom is -0.280 e. The number of benzene rings is 3. The first-order valence-corrected chi connectivity index (χ1v) is 12.0. The molecule has 6 nitrogen and oxygen atoms in total. The van der Waals surface area contributed by atoms with Gasteiger partial charge in [-0.05, 0) is 72.8 Å². The molecule has 3 rings (SSSR count). The minimum atomic E-state index is -4.63. The fourth-order valence-corrected chi connectivity index (χ4v) is 4.80. The van der Waals surface area contributed by atoms with Gasteiger partial charge in [0.05, 0.1) is 20.9 Å². The SMILES string of the molecule is O=S(=O)(Nc1ccc(C(F)(F)F)cc1)c1ccc(NS(=O)(=O)c2ccc(C(F)(F)F)cc2)cc1. The highest BCUT2D eigenvalue weighted by molar-refractivity contribution is 7.93. The zero-order valence-corrected chi connectivity index (χ0v) is 18.3. The first-order valence-electron chi connectivity index (χ1n) is 9.08. The molecule has 0 aromatic heterocycles. The second-order valence-electron chi connectivity index (χ2n) is 6.83. The van der Waals surface area contributed by atoms with Gasteiger partial charge in [-0.25, -0.2) is 16.8 Å². The molecule has 0 bridgehead atoms. The Morgan fingerprint density at radius 3 is 1.06 bits per heavy atom. The van der Waals surface area contributed by atoms with Crippen LogP contribution in [0.3, 0.4) is 0 Å². The number of anilines is 2. The topological polar surface area (TPSA) is 92.3 Å². The molecular weight excluding hydrogens is 510 g/mol. The fourth-order valence-electron chi connectivity index (χ4n) is 2.68. The van der Waals surface area contributed by atoms with Gasteiger partial charge in [0.2, 0.25) is 0 Å². The summed E-state index contributed by atoms with van der Waals surface area (Å²) in [6, 6.07) is 10.3. The summed E-state index contributed by atoms with van der Waals surface area (Å²) in [6.07, 6.45) is -9.22. The predicted octanol–water partition coefficient (Wildman–Crippen LogP) is 5.33. The van der Waals surface area contributed by atoms with E-state index in [-0.39, 0.29) is 16.3 Å². The van der Waals surface area contributed by atoms with Crippen LogP contribution in [0.15, 0.2) is 82.6 Å². The second kappa shape index (κ2) is 8.83. The van der Waals surface area contributed by atoms with E-state index in [0.29, 0.717) is 24.3 Å². The van der Waals surface area contributed by atoms with Gasteiger partial charge in [-0.2, -0.15) is 26.3 Å². The maximum atomic E-state index is 12.6. The molecule has 0 atom stereocenters. The summed E-state index contributed by atoms with van der Waals surface area (Å²) in [5.41, 5.74) is -2.19. The molecule has 0 spiro atoms. The van der Waals surface area contributed by atoms with Crippen LogP contribution in [-0.4, -0.2) is 16.8 Å². The molecule has 0 heterocycles. The van der Waals surface area contributed by atoms with Crippen molar-refractivity contribution in [2.75, 3.05) is 9.44 Å². The summed E-state index contributed by atoms with van der Waals surface area (Å²) in [5.74, 6) is 0. The zero-order chi connectivity index (χ0) is 25.4. The Kier molecular flexibility index (Phi) is 6.59. The van der Waals surface area contributed by atoms with Crippen LogP contribution in [0.2, 0.25) is 0 Å². The molecule has 0 amide bonds. The maximum absolute atomic E-state index is 12.6. The molecule has 14 heteroatoms. The first kappa shape index (κ1) is 25.4. The molecule has 182 valence electrons. The van der Waals surface area contributed by atoms with Gasteiger partial charge in [-0.15, -0.1) is 0 Å². The fraction of sp³-hybridized carbons (Fsp3) is 0.100. The lowest BCUT2D eigenvalue weighted by molar-refractivity contribution is -0.138. The van der Waals surface area contributed by atoms with Crippen molar-refractivity contribution in [3.05, 3.63) is 83.9 Å². The molecule has 0 aliphatic rings. The van der Waals surface area contributed by atoms with Crippen molar-refractivity contribution in [1.82, 2.24) is 0 Å². The summed E-state index contributed by atoms with van der Waals surface area (Å²) < 4.78 is 130. The smallest absolute Gasteiger partial charge is 0.280 e. The summed E-state index contributed by atoms with van der Waals surface area (Å²) >= 11 is 0. The van der Waals surface area contributed by atoms with Crippen LogP contribution in [0, 0.1) is 0 Å². The van der Waals surface area contributed by atoms with E-state index in [1.54, 1.807) is 0 Å². The molecule has 0 aliphatic heterocycles. The average molecular weight is 524 g/mol. The number of halogens is 6. The van der Waals surface area contributed by atoms with Crippen molar-refractivity contribution >= 4 is 31.4 Å². The number of alkyl halides is 6. The summed E-state index contributed by atoms with van der Waals surface area (Å²) in [4.78, 5) is -0.758. The Morgan fingerprint density at radius 2 is 0.735 bits per heavy atom. The average Bonchev–Trinajstić information content (AvgIpc) is 2.73. The van der Waals surface area contributed by atoms with Gasteiger partial charge in [-0.3, -0.25) is 9.44 Å². The predicted molar refractivity (Wildman–Crippen MR) is 111 cm³/mol. The van der Waals surface area contributed by atoms with Gasteiger partial charge in [0.25, 0.3) is 20.0 Å². The maximum Gasteiger partial charge on any atom is 0.416 e. The van der Waals surface area contributed by atoms with Gasteiger partial charge in [0, 0.05) is 11.4 Å². The van der Waals surface area contributed by atoms with E-state index in [1.807, 2.05) is 0 Å². The Balaban J connectivity index is 1.73. The van der Waals surface area contributed by atoms with Gasteiger partial charge in [-0.1, -0.05) is 0 Å². The van der Waals surface area contributed by atoms with E-state index in [9.17, 15) is 43.2 Å². The van der Waals surface area contributed by atoms with Crippen LogP contribution in [0.1, 0.15) is 11.1 Å². The van der Waals surface area contributed by atoms with Crippen LogP contribution < -0.4 is 9.44 Å². The van der Waals surface area contributed by atoms with E-state index in [0.717, 1.165) is 48.5 Å². The number of rotatable bonds is 6. The molecule has 0 saturated carbocycles. The van der Waals surface area contributed by atoms with Crippen molar-refractivity contribution < 1.29 is 43.2 Å². The van der Waals surface area contributed by atoms with Crippen molar-refractivity contribution in [2.45, 2.75) is 22.1 Å². The van der Waals surface area contributed by atoms with Crippen LogP contribution in [-0.2, 0) is 32.4 Å². The standard InChI is InChI=1S/C20H14F6N2O4S2/c21-19(22,23)13-1-5-15(6-2-13)27-34(31,32)18-11-7-16(8-12-18)28-33(29,30)17-9-3-14(4-10-17)20(24,25)26/h1-12,27-28H. The highest BCUT2D eigenvalue weighted by atomic mass is 32.2. The highest BCUT2D eigenvalue weighted by Crippen LogP contribution is 2.31. The van der Waals surface area contributed by atoms with Crippen molar-refractivity contribution in [1.29, 1.82) is 0 Å². The molecule has 3 aromatic rings. The third kappa shape index (κ3) is 5.99. The van der Waals surface area contributed by atoms with Crippen LogP contribution in [0.4, 0.5) is 37.7 Å². The Morgan fingerprint density at radius 1 is 0.471 bits per heavy atom. The molecular formula is C20H14F6N2O4S2. The lowest BCUT2D eigenvalue weighted by Gasteiger charge is -2.12. The molecule has 2 N–H and O–H groups in total. The van der Waals surface area contributed by atoms with Crippen LogP contribution in [0.5, 0.6) is 0 Å². The number of hydrogen-bond acceptors (Lipinski definition) is 4. The number of nitrogens with one attached hydrogen (secondary N) is 2. The summed E-state index contributed by atoms with van der Waals surface area (Å²) in [6.45, 7) is 0. The number of sulfonamides is 2. The molecule has 0 fully saturated rings. The third-order valence-electron chi connectivity index (χ3n) is 4.37. The normalized spacial score (nSPS) is 12.9. The van der Waals surface area contributed by atoms with Gasteiger partial charge < -0.3 is 0 Å². The third-order valence-corrected chi connectivity index (χ3v) is 7.17. The quantitative estimate of drug-likeness (QED) is 0.427. The first-order chi connectivity index (χ1) is 15.6. The van der Waals surface area contributed by atoms with Crippen molar-refractivity contribution in [3.8, 4) is 0 Å². The Bertz CT molecular complexity index is 1370. The van der Waals surface area contributed by atoms with E-state index in [1.165, 1.54) is 0 Å². The molecule has 3 aromatic carbocycles. The molecule has 0 saturated heterocycles. The Labute approximate surface area is 190 Å². The largest absolute Gasteiger partial charge is 0.416 e. The summed E-state index contributed by atoms with van der Waals surface area (Å²) in [5, 5.41) is 0. The molecule has 0 radical (unpaired) electrons. The van der Waals surface area contributed by atoms with Gasteiger partial charge in [0.1, 0.15) is 0 Å². The van der Waals surface area contributed by atoms with Crippen molar-refractivity contribution in [3.63, 3.8) is 0 Å². The van der Waals surface area contributed by atoms with E-state index >= 15 is 0 Å². The zero-order valence-electron chi connectivity index (χ0n) is 16.6. The monoisotopic (exact) mass is 524 g/mol. The number of hydrogen-bond donors (Lipinski definition) is 2. The lowest BCUT2D eigenvalue weighted by atomic mass is 10.2. The molecule has 34 heavy (non-hydrogen) atoms. The summed E-state index contributed by atoms with van der Waals surface area (Å²) in [7, 11) is -8.47. The van der Waals surface area contributed by atoms with E-state index < -0.39 is 48.4 Å². The van der Waals surface area contributed by atoms with Crippen molar-refractivity contribution in [2.24, 2.45) is 0 Å². The molecule has 0 unspecified atom stereocenters. The van der Waals surface area contributed by atoms with Crippen LogP contribution in [0.25, 0.3) is 0 Å². The van der Waals surface area contributed by atoms with E-state index in [2.05, 4.69) is 9.44 Å². The minimum absolute atomic E-state index is 0.0756. The second-order valence-corrected chi connectivity index (χ2v) is 10.2. The lowest BCUT2D eigenvalue weighted by Crippen LogP contribution is -2.15. The highest BCUT2D eigenvalue weighted by Gasteiger charge is 2.31. The van der Waals surface area contributed by atoms with Gasteiger partial charge >= 0.3 is 12.4 Å².